The summed E-state index contributed by atoms with van der Waals surface area (Å²) >= 11 is 0. The summed E-state index contributed by atoms with van der Waals surface area (Å²) in [6, 6.07) is 0. The van der Waals surface area contributed by atoms with Crippen LogP contribution in [0.3, 0.4) is 0 Å². The number of fused-ring (bicyclic) bond motifs is 1. The molecule has 0 aromatic carbocycles. The molecule has 1 aliphatic carbocycles. The van der Waals surface area contributed by atoms with Crippen LogP contribution in [0.2, 0.25) is 0 Å². The minimum Gasteiger partial charge on any atom is -0.506 e. The van der Waals surface area contributed by atoms with Crippen molar-refractivity contribution in [1.29, 1.82) is 0 Å². The van der Waals surface area contributed by atoms with Gasteiger partial charge in [0.15, 0.2) is 0 Å². The largest absolute Gasteiger partial charge is 0.506 e. The average molecular weight is 159 g/mol. The zero-order valence-electron chi connectivity index (χ0n) is 6.49. The highest BCUT2D eigenvalue weighted by Crippen LogP contribution is 2.18. The van der Waals surface area contributed by atoms with Gasteiger partial charge in [0.1, 0.15) is 5.76 Å². The van der Waals surface area contributed by atoms with Gasteiger partial charge in [-0.2, -0.15) is 0 Å². The molecular formula is C10H9NO. The highest BCUT2D eigenvalue weighted by Gasteiger charge is 2.08. The van der Waals surface area contributed by atoms with Crippen molar-refractivity contribution in [2.75, 3.05) is 0 Å². The molecule has 0 unspecified atom stereocenters. The van der Waals surface area contributed by atoms with Crippen LogP contribution in [0.5, 0.6) is 0 Å². The molecule has 2 heteroatoms. The van der Waals surface area contributed by atoms with E-state index in [0.29, 0.717) is 0 Å². The van der Waals surface area contributed by atoms with Crippen molar-refractivity contribution in [2.24, 2.45) is 0 Å². The first-order chi connectivity index (χ1) is 5.88. The normalized spacial score (nSPS) is 19.8. The SMILES string of the molecule is OC1=C2NC=CC=C2C=CC=C1. The topological polar surface area (TPSA) is 32.3 Å². The maximum atomic E-state index is 9.50. The molecule has 60 valence electrons. The van der Waals surface area contributed by atoms with E-state index in [9.17, 15) is 5.11 Å². The van der Waals surface area contributed by atoms with Gasteiger partial charge in [0.2, 0.25) is 0 Å². The number of hydrogen-bond acceptors (Lipinski definition) is 2. The molecule has 1 heterocycles. The van der Waals surface area contributed by atoms with Crippen molar-refractivity contribution in [3.05, 3.63) is 59.7 Å². The van der Waals surface area contributed by atoms with Crippen LogP contribution in [-0.4, -0.2) is 5.11 Å². The Morgan fingerprint density at radius 3 is 2.83 bits per heavy atom. The molecule has 0 amide bonds. The van der Waals surface area contributed by atoms with Gasteiger partial charge in [-0.15, -0.1) is 0 Å². The summed E-state index contributed by atoms with van der Waals surface area (Å²) in [6.45, 7) is 0. The molecule has 0 aromatic heterocycles. The third-order valence-corrected chi connectivity index (χ3v) is 1.79. The molecular weight excluding hydrogens is 150 g/mol. The molecule has 0 saturated heterocycles. The average Bonchev–Trinajstić information content (AvgIpc) is 2.29. The smallest absolute Gasteiger partial charge is 0.139 e. The van der Waals surface area contributed by atoms with E-state index >= 15 is 0 Å². The van der Waals surface area contributed by atoms with Gasteiger partial charge in [-0.3, -0.25) is 0 Å². The van der Waals surface area contributed by atoms with Crippen molar-refractivity contribution in [1.82, 2.24) is 5.32 Å². The molecule has 2 N–H and O–H groups in total. The summed E-state index contributed by atoms with van der Waals surface area (Å²) in [5, 5.41) is 12.5. The quantitative estimate of drug-likeness (QED) is 0.566. The van der Waals surface area contributed by atoms with E-state index in [1.54, 1.807) is 12.3 Å². The Kier molecular flexibility index (Phi) is 1.59. The highest BCUT2D eigenvalue weighted by molar-refractivity contribution is 5.50. The second-order valence-electron chi connectivity index (χ2n) is 2.60. The third-order valence-electron chi connectivity index (χ3n) is 1.79. The molecule has 0 spiro atoms. The highest BCUT2D eigenvalue weighted by atomic mass is 16.3. The lowest BCUT2D eigenvalue weighted by Gasteiger charge is -2.11. The van der Waals surface area contributed by atoms with E-state index in [1.165, 1.54) is 0 Å². The first-order valence-electron chi connectivity index (χ1n) is 3.79. The number of rotatable bonds is 0. The van der Waals surface area contributed by atoms with Crippen molar-refractivity contribution in [2.45, 2.75) is 0 Å². The van der Waals surface area contributed by atoms with Crippen LogP contribution >= 0.6 is 0 Å². The van der Waals surface area contributed by atoms with E-state index in [-0.39, 0.29) is 5.76 Å². The van der Waals surface area contributed by atoms with Gasteiger partial charge >= 0.3 is 0 Å². The Labute approximate surface area is 70.9 Å². The second-order valence-corrected chi connectivity index (χ2v) is 2.60. The zero-order chi connectivity index (χ0) is 8.39. The molecule has 1 aliphatic heterocycles. The summed E-state index contributed by atoms with van der Waals surface area (Å²) < 4.78 is 0. The van der Waals surface area contributed by atoms with Crippen LogP contribution in [-0.2, 0) is 0 Å². The minimum atomic E-state index is 0.274. The van der Waals surface area contributed by atoms with Crippen LogP contribution in [0.1, 0.15) is 0 Å². The fraction of sp³-hybridized carbons (Fsp3) is 0. The van der Waals surface area contributed by atoms with Crippen molar-refractivity contribution >= 4 is 0 Å². The molecule has 0 aromatic rings. The molecule has 0 atom stereocenters. The molecule has 12 heavy (non-hydrogen) atoms. The molecule has 0 saturated carbocycles. The Morgan fingerprint density at radius 1 is 1.08 bits per heavy atom. The lowest BCUT2D eigenvalue weighted by Crippen LogP contribution is -2.11. The van der Waals surface area contributed by atoms with Crippen LogP contribution in [0.4, 0.5) is 0 Å². The number of aliphatic hydroxyl groups excluding tert-OH is 1. The number of allylic oxidation sites excluding steroid dienone is 6. The third kappa shape index (κ3) is 1.07. The first-order valence-corrected chi connectivity index (χ1v) is 3.79. The Morgan fingerprint density at radius 2 is 1.92 bits per heavy atom. The standard InChI is InChI=1S/C10H9NO/c12-9-6-2-1-4-8-5-3-7-11-10(8)9/h1-7,11-12H. The predicted molar refractivity (Wildman–Crippen MR) is 48.3 cm³/mol. The molecule has 0 fully saturated rings. The predicted octanol–water partition coefficient (Wildman–Crippen LogP) is 1.93. The Bertz CT molecular complexity index is 343. The van der Waals surface area contributed by atoms with Crippen molar-refractivity contribution in [3.63, 3.8) is 0 Å². The molecule has 2 rings (SSSR count). The van der Waals surface area contributed by atoms with E-state index < -0.39 is 0 Å². The Hall–Kier alpha value is -1.70. The van der Waals surface area contributed by atoms with E-state index in [4.69, 9.17) is 0 Å². The molecule has 0 radical (unpaired) electrons. The molecule has 0 bridgehead atoms. The monoisotopic (exact) mass is 159 g/mol. The van der Waals surface area contributed by atoms with Crippen LogP contribution in [0.15, 0.2) is 59.7 Å². The van der Waals surface area contributed by atoms with Gasteiger partial charge in [0.25, 0.3) is 0 Å². The van der Waals surface area contributed by atoms with Crippen LogP contribution in [0.25, 0.3) is 0 Å². The number of aliphatic hydroxyl groups is 1. The summed E-state index contributed by atoms with van der Waals surface area (Å²) in [5.41, 5.74) is 1.77. The summed E-state index contributed by atoms with van der Waals surface area (Å²) in [4.78, 5) is 0. The van der Waals surface area contributed by atoms with E-state index in [1.807, 2.05) is 30.4 Å². The van der Waals surface area contributed by atoms with Gasteiger partial charge in [0, 0.05) is 11.8 Å². The van der Waals surface area contributed by atoms with Crippen molar-refractivity contribution < 1.29 is 5.11 Å². The second kappa shape index (κ2) is 2.74. The van der Waals surface area contributed by atoms with Gasteiger partial charge in [0.05, 0.1) is 5.70 Å². The fourth-order valence-corrected chi connectivity index (χ4v) is 1.20. The number of nitrogens with one attached hydrogen (secondary N) is 1. The summed E-state index contributed by atoms with van der Waals surface area (Å²) in [7, 11) is 0. The van der Waals surface area contributed by atoms with Crippen LogP contribution in [0, 0.1) is 0 Å². The summed E-state index contributed by atoms with van der Waals surface area (Å²) in [5.74, 6) is 0.274. The molecule has 2 nitrogen and oxygen atoms in total. The van der Waals surface area contributed by atoms with E-state index in [2.05, 4.69) is 5.32 Å². The molecule has 2 aliphatic rings. The fourth-order valence-electron chi connectivity index (χ4n) is 1.20. The van der Waals surface area contributed by atoms with Gasteiger partial charge < -0.3 is 10.4 Å². The number of dihydropyridines is 1. The van der Waals surface area contributed by atoms with Crippen LogP contribution < -0.4 is 5.32 Å². The van der Waals surface area contributed by atoms with E-state index in [0.717, 1.165) is 11.3 Å². The minimum absolute atomic E-state index is 0.274. The maximum Gasteiger partial charge on any atom is 0.139 e. The van der Waals surface area contributed by atoms with Gasteiger partial charge in [-0.05, 0) is 12.2 Å². The first kappa shape index (κ1) is 6.98. The van der Waals surface area contributed by atoms with Crippen molar-refractivity contribution in [3.8, 4) is 0 Å². The lowest BCUT2D eigenvalue weighted by atomic mass is 10.1. The zero-order valence-corrected chi connectivity index (χ0v) is 6.49. The number of hydrogen-bond donors (Lipinski definition) is 2. The van der Waals surface area contributed by atoms with Gasteiger partial charge in [-0.25, -0.2) is 0 Å². The maximum absolute atomic E-state index is 9.50. The summed E-state index contributed by atoms with van der Waals surface area (Å²) in [6.07, 6.45) is 13.0. The van der Waals surface area contributed by atoms with Gasteiger partial charge in [-0.1, -0.05) is 24.3 Å². The lowest BCUT2D eigenvalue weighted by molar-refractivity contribution is 0.423. The Balaban J connectivity index is 2.52.